The normalized spacial score (nSPS) is 21.3. The lowest BCUT2D eigenvalue weighted by Gasteiger charge is -2.16. The van der Waals surface area contributed by atoms with Crippen LogP contribution in [-0.4, -0.2) is 47.5 Å². The van der Waals surface area contributed by atoms with Gasteiger partial charge in [0.1, 0.15) is 18.1 Å². The fraction of sp³-hybridized carbons (Fsp3) is 0.526. The van der Waals surface area contributed by atoms with Gasteiger partial charge in [0.15, 0.2) is 0 Å². The van der Waals surface area contributed by atoms with Crippen molar-refractivity contribution in [3.8, 4) is 5.75 Å². The van der Waals surface area contributed by atoms with E-state index in [-0.39, 0.29) is 12.0 Å². The standard InChI is InChI=1S/C19H26N2O3/c1-3-15-6-4-5-7-19(15)23-9-8-21-12-16(18(22)13-21)11-17-10-14(2)20-24-17/h4-7,10,16,18,22H,3,8-9,11-13H2,1-2H3/t16-,18+/m1/s1. The second-order valence-electron chi connectivity index (χ2n) is 6.54. The van der Waals surface area contributed by atoms with Crippen molar-refractivity contribution >= 4 is 0 Å². The molecule has 1 aliphatic heterocycles. The summed E-state index contributed by atoms with van der Waals surface area (Å²) >= 11 is 0. The summed E-state index contributed by atoms with van der Waals surface area (Å²) in [6.45, 7) is 7.06. The van der Waals surface area contributed by atoms with Crippen molar-refractivity contribution in [2.24, 2.45) is 5.92 Å². The molecular formula is C19H26N2O3. The van der Waals surface area contributed by atoms with Crippen LogP contribution >= 0.6 is 0 Å². The molecule has 5 heteroatoms. The van der Waals surface area contributed by atoms with Crippen molar-refractivity contribution in [1.82, 2.24) is 10.1 Å². The Labute approximate surface area is 143 Å². The first kappa shape index (κ1) is 17.0. The Hall–Kier alpha value is -1.85. The molecule has 1 aromatic heterocycles. The third kappa shape index (κ3) is 4.16. The molecule has 24 heavy (non-hydrogen) atoms. The van der Waals surface area contributed by atoms with Crippen LogP contribution < -0.4 is 4.74 Å². The van der Waals surface area contributed by atoms with Gasteiger partial charge in [-0.15, -0.1) is 0 Å². The second kappa shape index (κ2) is 7.81. The lowest BCUT2D eigenvalue weighted by molar-refractivity contribution is 0.136. The molecule has 0 radical (unpaired) electrons. The maximum Gasteiger partial charge on any atom is 0.137 e. The zero-order chi connectivity index (χ0) is 16.9. The summed E-state index contributed by atoms with van der Waals surface area (Å²) in [5.74, 6) is 2.01. The molecule has 1 saturated heterocycles. The van der Waals surface area contributed by atoms with Crippen molar-refractivity contribution in [2.45, 2.75) is 32.8 Å². The lowest BCUT2D eigenvalue weighted by atomic mass is 10.0. The number of nitrogens with zero attached hydrogens (tertiary/aromatic N) is 2. The largest absolute Gasteiger partial charge is 0.492 e. The SMILES string of the molecule is CCc1ccccc1OCCN1C[C@@H](Cc2cc(C)no2)[C@@H](O)C1. The van der Waals surface area contributed by atoms with Gasteiger partial charge in [0, 0.05) is 38.0 Å². The van der Waals surface area contributed by atoms with Crippen molar-refractivity contribution in [1.29, 1.82) is 0 Å². The number of β-amino-alcohol motifs (C(OH)–C–C–N with tert-alkyl or cyclic N) is 1. The summed E-state index contributed by atoms with van der Waals surface area (Å²) in [5.41, 5.74) is 2.12. The van der Waals surface area contributed by atoms with Crippen LogP contribution in [0.2, 0.25) is 0 Å². The monoisotopic (exact) mass is 330 g/mol. The molecule has 1 fully saturated rings. The van der Waals surface area contributed by atoms with E-state index in [2.05, 4.69) is 23.0 Å². The van der Waals surface area contributed by atoms with Gasteiger partial charge in [0.05, 0.1) is 11.8 Å². The van der Waals surface area contributed by atoms with E-state index in [9.17, 15) is 5.11 Å². The molecule has 1 N–H and O–H groups in total. The Morgan fingerprint density at radius 3 is 2.92 bits per heavy atom. The number of hydrogen-bond donors (Lipinski definition) is 1. The Morgan fingerprint density at radius 1 is 1.33 bits per heavy atom. The smallest absolute Gasteiger partial charge is 0.137 e. The number of aryl methyl sites for hydroxylation is 2. The highest BCUT2D eigenvalue weighted by Gasteiger charge is 2.32. The van der Waals surface area contributed by atoms with Crippen molar-refractivity contribution in [2.75, 3.05) is 26.2 Å². The van der Waals surface area contributed by atoms with Crippen molar-refractivity contribution < 1.29 is 14.4 Å². The number of para-hydroxylation sites is 1. The third-order valence-corrected chi connectivity index (χ3v) is 4.64. The van der Waals surface area contributed by atoms with Gasteiger partial charge < -0.3 is 14.4 Å². The predicted molar refractivity (Wildman–Crippen MR) is 92.2 cm³/mol. The molecule has 0 amide bonds. The van der Waals surface area contributed by atoms with Gasteiger partial charge in [-0.05, 0) is 25.0 Å². The molecule has 0 aliphatic carbocycles. The third-order valence-electron chi connectivity index (χ3n) is 4.64. The minimum Gasteiger partial charge on any atom is -0.492 e. The fourth-order valence-corrected chi connectivity index (χ4v) is 3.32. The molecule has 0 unspecified atom stereocenters. The highest BCUT2D eigenvalue weighted by molar-refractivity contribution is 5.33. The Kier molecular flexibility index (Phi) is 5.53. The number of likely N-dealkylation sites (tertiary alicyclic amines) is 1. The van der Waals surface area contributed by atoms with Crippen LogP contribution in [0.15, 0.2) is 34.9 Å². The molecule has 0 spiro atoms. The number of hydrogen-bond acceptors (Lipinski definition) is 5. The van der Waals surface area contributed by atoms with E-state index < -0.39 is 0 Å². The summed E-state index contributed by atoms with van der Waals surface area (Å²) in [6.07, 6.45) is 1.38. The fourth-order valence-electron chi connectivity index (χ4n) is 3.32. The number of ether oxygens (including phenoxy) is 1. The van der Waals surface area contributed by atoms with E-state index in [1.165, 1.54) is 5.56 Å². The van der Waals surface area contributed by atoms with E-state index in [0.717, 1.165) is 43.1 Å². The van der Waals surface area contributed by atoms with E-state index in [4.69, 9.17) is 9.26 Å². The molecule has 2 heterocycles. The molecular weight excluding hydrogens is 304 g/mol. The first-order valence-electron chi connectivity index (χ1n) is 8.69. The molecule has 5 nitrogen and oxygen atoms in total. The number of aliphatic hydroxyl groups is 1. The highest BCUT2D eigenvalue weighted by atomic mass is 16.5. The van der Waals surface area contributed by atoms with Crippen LogP contribution in [-0.2, 0) is 12.8 Å². The van der Waals surface area contributed by atoms with Crippen molar-refractivity contribution in [3.63, 3.8) is 0 Å². The summed E-state index contributed by atoms with van der Waals surface area (Å²) in [6, 6.07) is 10.1. The molecule has 0 bridgehead atoms. The van der Waals surface area contributed by atoms with Crippen LogP contribution in [0.3, 0.4) is 0 Å². The molecule has 0 saturated carbocycles. The van der Waals surface area contributed by atoms with E-state index in [0.29, 0.717) is 13.2 Å². The summed E-state index contributed by atoms with van der Waals surface area (Å²) in [7, 11) is 0. The van der Waals surface area contributed by atoms with Gasteiger partial charge in [-0.3, -0.25) is 4.90 Å². The van der Waals surface area contributed by atoms with Gasteiger partial charge in [-0.25, -0.2) is 0 Å². The van der Waals surface area contributed by atoms with Gasteiger partial charge in [0.2, 0.25) is 0 Å². The van der Waals surface area contributed by atoms with Gasteiger partial charge in [0.25, 0.3) is 0 Å². The Balaban J connectivity index is 1.47. The average Bonchev–Trinajstić information content (AvgIpc) is 3.14. The molecule has 2 aromatic rings. The van der Waals surface area contributed by atoms with Gasteiger partial charge in [-0.1, -0.05) is 30.3 Å². The minimum absolute atomic E-state index is 0.195. The van der Waals surface area contributed by atoms with Gasteiger partial charge in [-0.2, -0.15) is 0 Å². The molecule has 3 rings (SSSR count). The van der Waals surface area contributed by atoms with Crippen molar-refractivity contribution in [3.05, 3.63) is 47.3 Å². The first-order chi connectivity index (χ1) is 11.7. The zero-order valence-corrected chi connectivity index (χ0v) is 14.4. The van der Waals surface area contributed by atoms with Crippen LogP contribution in [0.25, 0.3) is 0 Å². The first-order valence-corrected chi connectivity index (χ1v) is 8.69. The van der Waals surface area contributed by atoms with E-state index in [1.807, 2.05) is 31.2 Å². The quantitative estimate of drug-likeness (QED) is 0.845. The minimum atomic E-state index is -0.321. The number of aliphatic hydroxyl groups excluding tert-OH is 1. The number of benzene rings is 1. The molecule has 130 valence electrons. The second-order valence-corrected chi connectivity index (χ2v) is 6.54. The van der Waals surface area contributed by atoms with Gasteiger partial charge >= 0.3 is 0 Å². The van der Waals surface area contributed by atoms with Crippen LogP contribution in [0.5, 0.6) is 5.75 Å². The lowest BCUT2D eigenvalue weighted by Crippen LogP contribution is -2.27. The predicted octanol–water partition coefficient (Wildman–Crippen LogP) is 2.46. The van der Waals surface area contributed by atoms with Crippen LogP contribution in [0.1, 0.15) is 23.9 Å². The molecule has 1 aromatic carbocycles. The van der Waals surface area contributed by atoms with E-state index >= 15 is 0 Å². The highest BCUT2D eigenvalue weighted by Crippen LogP contribution is 2.22. The number of aromatic nitrogens is 1. The Bertz CT molecular complexity index is 656. The maximum absolute atomic E-state index is 10.3. The molecule has 2 atom stereocenters. The zero-order valence-electron chi connectivity index (χ0n) is 14.4. The summed E-state index contributed by atoms with van der Waals surface area (Å²) in [4.78, 5) is 2.26. The number of rotatable bonds is 7. The average molecular weight is 330 g/mol. The maximum atomic E-state index is 10.3. The summed E-state index contributed by atoms with van der Waals surface area (Å²) < 4.78 is 11.2. The summed E-state index contributed by atoms with van der Waals surface area (Å²) in [5, 5.41) is 14.2. The van der Waals surface area contributed by atoms with E-state index in [1.54, 1.807) is 0 Å². The molecule has 1 aliphatic rings. The van der Waals surface area contributed by atoms with Crippen LogP contribution in [0.4, 0.5) is 0 Å². The van der Waals surface area contributed by atoms with Crippen LogP contribution in [0, 0.1) is 12.8 Å². The Morgan fingerprint density at radius 2 is 2.17 bits per heavy atom. The topological polar surface area (TPSA) is 58.7 Å².